The number of carbonyl (C=O) groups excluding carboxylic acids is 2. The van der Waals surface area contributed by atoms with Crippen LogP contribution in [0.3, 0.4) is 0 Å². The zero-order valence-corrected chi connectivity index (χ0v) is 18.6. The van der Waals surface area contributed by atoms with Crippen LogP contribution in [0.1, 0.15) is 38.8 Å². The Hall–Kier alpha value is -2.96. The van der Waals surface area contributed by atoms with Crippen molar-refractivity contribution < 1.29 is 23.5 Å². The average molecular weight is 415 g/mol. The van der Waals surface area contributed by atoms with Gasteiger partial charge in [0.05, 0.1) is 13.4 Å². The molecule has 1 aliphatic rings. The van der Waals surface area contributed by atoms with E-state index < -0.39 is 5.60 Å². The number of ether oxygens (including phenoxy) is 2. The molecule has 162 valence electrons. The second-order valence-electron chi connectivity index (χ2n) is 8.59. The van der Waals surface area contributed by atoms with Gasteiger partial charge in [-0.3, -0.25) is 4.79 Å². The molecule has 1 aromatic heterocycles. The number of piperazine rings is 1. The smallest absolute Gasteiger partial charge is 0.410 e. The summed E-state index contributed by atoms with van der Waals surface area (Å²) in [5.41, 5.74) is 2.93. The molecule has 7 heteroatoms. The molecule has 1 fully saturated rings. The summed E-state index contributed by atoms with van der Waals surface area (Å²) in [4.78, 5) is 28.4. The Morgan fingerprint density at radius 3 is 2.33 bits per heavy atom. The van der Waals surface area contributed by atoms with E-state index >= 15 is 0 Å². The van der Waals surface area contributed by atoms with E-state index in [-0.39, 0.29) is 12.0 Å². The summed E-state index contributed by atoms with van der Waals surface area (Å²) >= 11 is 0. The molecule has 7 nitrogen and oxygen atoms in total. The van der Waals surface area contributed by atoms with Gasteiger partial charge in [0.1, 0.15) is 16.9 Å². The Kier molecular flexibility index (Phi) is 6.10. The average Bonchev–Trinajstić information content (AvgIpc) is 3.05. The zero-order chi connectivity index (χ0) is 22.1. The Morgan fingerprint density at radius 2 is 1.73 bits per heavy atom. The van der Waals surface area contributed by atoms with Gasteiger partial charge in [0.2, 0.25) is 5.91 Å². The van der Waals surface area contributed by atoms with E-state index in [2.05, 4.69) is 0 Å². The van der Waals surface area contributed by atoms with Crippen LogP contribution in [0.15, 0.2) is 28.9 Å². The van der Waals surface area contributed by atoms with Gasteiger partial charge in [-0.25, -0.2) is 4.79 Å². The van der Waals surface area contributed by atoms with Crippen LogP contribution < -0.4 is 4.74 Å². The van der Waals surface area contributed by atoms with Gasteiger partial charge in [-0.2, -0.15) is 0 Å². The molecule has 0 unspecified atom stereocenters. The van der Waals surface area contributed by atoms with E-state index in [0.29, 0.717) is 31.9 Å². The first kappa shape index (κ1) is 21.7. The van der Waals surface area contributed by atoms with Crippen molar-refractivity contribution >= 4 is 28.5 Å². The second-order valence-corrected chi connectivity index (χ2v) is 8.59. The maximum atomic E-state index is 12.8. The molecule has 2 aromatic rings. The number of carbonyl (C=O) groups is 2. The highest BCUT2D eigenvalue weighted by Gasteiger charge is 2.27. The summed E-state index contributed by atoms with van der Waals surface area (Å²) in [7, 11) is 1.60. The Labute approximate surface area is 177 Å². The second kappa shape index (κ2) is 8.42. The largest absolute Gasteiger partial charge is 0.496 e. The first-order valence-electron chi connectivity index (χ1n) is 10.1. The number of rotatable bonds is 3. The molecule has 0 bridgehead atoms. The Balaban J connectivity index is 1.70. The molecule has 0 radical (unpaired) electrons. The molecule has 1 saturated heterocycles. The summed E-state index contributed by atoms with van der Waals surface area (Å²) in [6.07, 6.45) is 3.00. The Bertz CT molecular complexity index is 975. The van der Waals surface area contributed by atoms with Crippen LogP contribution in [0.5, 0.6) is 5.75 Å². The normalized spacial score (nSPS) is 15.5. The molecule has 0 atom stereocenters. The number of aryl methyl sites for hydroxylation is 1. The lowest BCUT2D eigenvalue weighted by molar-refractivity contribution is -0.127. The number of furan rings is 1. The number of allylic oxidation sites excluding steroid dienone is 1. The number of fused-ring (bicyclic) bond motifs is 1. The highest BCUT2D eigenvalue weighted by atomic mass is 16.6. The highest BCUT2D eigenvalue weighted by molar-refractivity contribution is 5.97. The van der Waals surface area contributed by atoms with Crippen molar-refractivity contribution in [2.24, 2.45) is 0 Å². The topological polar surface area (TPSA) is 72.2 Å². The third-order valence-corrected chi connectivity index (χ3v) is 5.10. The SMILES string of the molecule is COc1cc2occ(C)c2cc1/C(C)=C/C(=O)N1CCN(C(=O)OC(C)(C)C)CC1. The summed E-state index contributed by atoms with van der Waals surface area (Å²) in [5.74, 6) is 0.579. The van der Waals surface area contributed by atoms with E-state index in [0.717, 1.165) is 27.7 Å². The van der Waals surface area contributed by atoms with Crippen molar-refractivity contribution in [1.29, 1.82) is 0 Å². The molecule has 1 aliphatic heterocycles. The number of hydrogen-bond acceptors (Lipinski definition) is 5. The van der Waals surface area contributed by atoms with E-state index in [1.54, 1.807) is 29.2 Å². The molecule has 30 heavy (non-hydrogen) atoms. The van der Waals surface area contributed by atoms with Gasteiger partial charge in [-0.05, 0) is 51.8 Å². The number of benzene rings is 1. The monoisotopic (exact) mass is 414 g/mol. The zero-order valence-electron chi connectivity index (χ0n) is 18.6. The molecule has 0 spiro atoms. The number of nitrogens with zero attached hydrogens (tertiary/aromatic N) is 2. The molecular weight excluding hydrogens is 384 g/mol. The van der Waals surface area contributed by atoms with Gasteiger partial charge in [0.15, 0.2) is 0 Å². The van der Waals surface area contributed by atoms with Crippen LogP contribution in [-0.2, 0) is 9.53 Å². The van der Waals surface area contributed by atoms with Crippen LogP contribution >= 0.6 is 0 Å². The van der Waals surface area contributed by atoms with Crippen LogP contribution in [0, 0.1) is 6.92 Å². The van der Waals surface area contributed by atoms with Crippen LogP contribution in [0.2, 0.25) is 0 Å². The summed E-state index contributed by atoms with van der Waals surface area (Å²) in [6.45, 7) is 11.3. The quantitative estimate of drug-likeness (QED) is 0.703. The predicted molar refractivity (Wildman–Crippen MR) is 116 cm³/mol. The first-order valence-corrected chi connectivity index (χ1v) is 10.1. The molecule has 0 aliphatic carbocycles. The number of methoxy groups -OCH3 is 1. The van der Waals surface area contributed by atoms with Crippen molar-refractivity contribution in [3.8, 4) is 5.75 Å². The maximum Gasteiger partial charge on any atom is 0.410 e. The van der Waals surface area contributed by atoms with Gasteiger partial charge in [-0.1, -0.05) is 0 Å². The van der Waals surface area contributed by atoms with Gasteiger partial charge >= 0.3 is 6.09 Å². The molecule has 1 aromatic carbocycles. The minimum absolute atomic E-state index is 0.0811. The fourth-order valence-corrected chi connectivity index (χ4v) is 3.45. The lowest BCUT2D eigenvalue weighted by Crippen LogP contribution is -2.51. The fraction of sp³-hybridized carbons (Fsp3) is 0.478. The standard InChI is InChI=1S/C23H30N2O5/c1-15(17-12-18-16(2)14-29-20(18)13-19(17)28-6)11-21(26)24-7-9-25(10-8-24)22(27)30-23(3,4)5/h11-14H,7-10H2,1-6H3/b15-11+. The van der Waals surface area contributed by atoms with E-state index in [4.69, 9.17) is 13.9 Å². The van der Waals surface area contributed by atoms with Crippen LogP contribution in [0.25, 0.3) is 16.5 Å². The summed E-state index contributed by atoms with van der Waals surface area (Å²) in [5, 5.41) is 0.997. The lowest BCUT2D eigenvalue weighted by atomic mass is 10.0. The maximum absolute atomic E-state index is 12.8. The van der Waals surface area contributed by atoms with Gasteiger partial charge in [0.25, 0.3) is 0 Å². The summed E-state index contributed by atoms with van der Waals surface area (Å²) < 4.78 is 16.5. The van der Waals surface area contributed by atoms with E-state index in [1.807, 2.05) is 46.8 Å². The lowest BCUT2D eigenvalue weighted by Gasteiger charge is -2.35. The summed E-state index contributed by atoms with van der Waals surface area (Å²) in [6, 6.07) is 3.84. The van der Waals surface area contributed by atoms with Crippen molar-refractivity contribution in [1.82, 2.24) is 9.80 Å². The Morgan fingerprint density at radius 1 is 1.10 bits per heavy atom. The van der Waals surface area contributed by atoms with Crippen molar-refractivity contribution in [3.05, 3.63) is 35.6 Å². The predicted octanol–water partition coefficient (Wildman–Crippen LogP) is 4.23. The van der Waals surface area contributed by atoms with E-state index in [1.165, 1.54) is 0 Å². The third-order valence-electron chi connectivity index (χ3n) is 5.10. The van der Waals surface area contributed by atoms with Gasteiger partial charge in [0, 0.05) is 49.3 Å². The minimum Gasteiger partial charge on any atom is -0.496 e. The van der Waals surface area contributed by atoms with Crippen LogP contribution in [-0.4, -0.2) is 60.7 Å². The fourth-order valence-electron chi connectivity index (χ4n) is 3.45. The van der Waals surface area contributed by atoms with Crippen molar-refractivity contribution in [2.75, 3.05) is 33.3 Å². The molecule has 2 amide bonds. The molecule has 0 saturated carbocycles. The van der Waals surface area contributed by atoms with E-state index in [9.17, 15) is 9.59 Å². The first-order chi connectivity index (χ1) is 14.1. The molecule has 0 N–H and O–H groups in total. The molecule has 3 rings (SSSR count). The van der Waals surface area contributed by atoms with Gasteiger partial charge in [-0.15, -0.1) is 0 Å². The highest BCUT2D eigenvalue weighted by Crippen LogP contribution is 2.33. The van der Waals surface area contributed by atoms with Crippen molar-refractivity contribution in [2.45, 2.75) is 40.2 Å². The van der Waals surface area contributed by atoms with Gasteiger partial charge < -0.3 is 23.7 Å². The number of hydrogen-bond donors (Lipinski definition) is 0. The van der Waals surface area contributed by atoms with Crippen molar-refractivity contribution in [3.63, 3.8) is 0 Å². The minimum atomic E-state index is -0.530. The third kappa shape index (κ3) is 4.78. The van der Waals surface area contributed by atoms with Crippen LogP contribution in [0.4, 0.5) is 4.79 Å². The molecular formula is C23H30N2O5. The number of amides is 2. The molecule has 2 heterocycles.